The third-order valence-electron chi connectivity index (χ3n) is 5.73. The smallest absolute Gasteiger partial charge is 0.449 e. The maximum Gasteiger partial charge on any atom is 0.512 e. The summed E-state index contributed by atoms with van der Waals surface area (Å²) in [6, 6.07) is -0.149. The molecule has 0 saturated carbocycles. The lowest BCUT2D eigenvalue weighted by Crippen LogP contribution is -2.63. The van der Waals surface area contributed by atoms with Crippen molar-refractivity contribution in [1.82, 2.24) is 15.2 Å². The van der Waals surface area contributed by atoms with Gasteiger partial charge < -0.3 is 26.0 Å². The highest BCUT2D eigenvalue weighted by atomic mass is 32.2. The van der Waals surface area contributed by atoms with Crippen LogP contribution in [0.2, 0.25) is 0 Å². The van der Waals surface area contributed by atoms with Crippen molar-refractivity contribution < 1.29 is 24.5 Å². The van der Waals surface area contributed by atoms with E-state index in [0.717, 1.165) is 28.6 Å². The molecule has 9 nitrogen and oxygen atoms in total. The number of aliphatic hydroxyl groups excluding tert-OH is 1. The Morgan fingerprint density at radius 1 is 1.59 bits per heavy atom. The first-order valence-corrected chi connectivity index (χ1v) is 11.3. The zero-order chi connectivity index (χ0) is 20.9. The van der Waals surface area contributed by atoms with Crippen molar-refractivity contribution in [3.63, 3.8) is 0 Å². The number of carboxylic acid groups (broad SMARTS) is 1. The van der Waals surface area contributed by atoms with E-state index in [4.69, 9.17) is 15.6 Å². The van der Waals surface area contributed by atoms with E-state index in [1.54, 1.807) is 30.0 Å². The fraction of sp³-hybridized carbons (Fsp3) is 0.611. The number of β-lactam (4-membered cyclic amide) rings is 1. The number of fused-ring (bicyclic) bond motifs is 1. The van der Waals surface area contributed by atoms with Crippen LogP contribution in [-0.2, 0) is 16.1 Å². The zero-order valence-electron chi connectivity index (χ0n) is 16.1. The molecule has 3 aliphatic rings. The minimum atomic E-state index is -1.45. The van der Waals surface area contributed by atoms with Crippen molar-refractivity contribution in [2.75, 3.05) is 6.54 Å². The Morgan fingerprint density at radius 2 is 2.34 bits per heavy atom. The summed E-state index contributed by atoms with van der Waals surface area (Å²) in [7, 11) is 0. The molecule has 6 atom stereocenters. The Labute approximate surface area is 176 Å². The van der Waals surface area contributed by atoms with Crippen LogP contribution in [0.1, 0.15) is 37.0 Å². The van der Waals surface area contributed by atoms with Gasteiger partial charge in [-0.15, -0.1) is 23.1 Å². The van der Waals surface area contributed by atoms with E-state index in [-0.39, 0.29) is 35.0 Å². The van der Waals surface area contributed by atoms with E-state index in [1.807, 2.05) is 12.3 Å². The molecular formula is C18H24N4O5S2. The maximum absolute atomic E-state index is 12.5. The molecule has 1 amide bonds. The fourth-order valence-electron chi connectivity index (χ4n) is 4.38. The number of nitrogens with zero attached hydrogens (tertiary/aromatic N) is 2. The average Bonchev–Trinajstić information content (AvgIpc) is 3.34. The molecule has 1 aromatic heterocycles. The van der Waals surface area contributed by atoms with Gasteiger partial charge in [0.05, 0.1) is 34.7 Å². The number of nitrogens with one attached hydrogen (secondary N) is 1. The number of aliphatic hydroxyl groups is 1. The van der Waals surface area contributed by atoms with Crippen molar-refractivity contribution in [1.29, 1.82) is 0 Å². The van der Waals surface area contributed by atoms with E-state index in [2.05, 4.69) is 10.3 Å². The second-order valence-corrected chi connectivity index (χ2v) is 9.88. The van der Waals surface area contributed by atoms with Gasteiger partial charge in [0.25, 0.3) is 0 Å². The van der Waals surface area contributed by atoms with Crippen molar-refractivity contribution in [2.24, 2.45) is 17.6 Å². The molecule has 0 aliphatic carbocycles. The van der Waals surface area contributed by atoms with Gasteiger partial charge in [-0.2, -0.15) is 0 Å². The molecule has 5 N–H and O–H groups in total. The molecule has 3 aliphatic heterocycles. The van der Waals surface area contributed by atoms with E-state index in [1.165, 1.54) is 4.90 Å². The van der Waals surface area contributed by atoms with Gasteiger partial charge in [-0.05, 0) is 13.3 Å². The number of thiazole rings is 1. The molecule has 0 unspecified atom stereocenters. The first-order valence-electron chi connectivity index (χ1n) is 9.52. The second-order valence-electron chi connectivity index (χ2n) is 7.60. The SMILES string of the molecule is C[C@@H](O)[C@H]1C(=O)N2C(OC(=O)O)=C(S[C@@H]3CN[C@H](c4csc(CN)n4)C3)[C@H](C)[C@H]12. The van der Waals surface area contributed by atoms with Crippen LogP contribution >= 0.6 is 23.1 Å². The lowest BCUT2D eigenvalue weighted by molar-refractivity contribution is -0.163. The predicted octanol–water partition coefficient (Wildman–Crippen LogP) is 1.46. The van der Waals surface area contributed by atoms with Gasteiger partial charge in [-0.25, -0.2) is 9.78 Å². The third kappa shape index (κ3) is 3.55. The highest BCUT2D eigenvalue weighted by molar-refractivity contribution is 8.03. The fourth-order valence-corrected chi connectivity index (χ4v) is 6.53. The molecule has 0 spiro atoms. The Balaban J connectivity index is 1.51. The second kappa shape index (κ2) is 7.88. The highest BCUT2D eigenvalue weighted by Crippen LogP contribution is 2.52. The average molecular weight is 441 g/mol. The van der Waals surface area contributed by atoms with Crippen molar-refractivity contribution in [3.8, 4) is 0 Å². The lowest BCUT2D eigenvalue weighted by atomic mass is 9.79. The summed E-state index contributed by atoms with van der Waals surface area (Å²) in [5, 5.41) is 25.7. The number of nitrogens with two attached hydrogens (primary N) is 1. The monoisotopic (exact) mass is 440 g/mol. The van der Waals surface area contributed by atoms with Gasteiger partial charge >= 0.3 is 6.16 Å². The summed E-state index contributed by atoms with van der Waals surface area (Å²) < 4.78 is 5.02. The number of hydrogen-bond acceptors (Lipinski definition) is 9. The molecule has 0 bridgehead atoms. The molecule has 1 aromatic rings. The summed E-state index contributed by atoms with van der Waals surface area (Å²) in [5.74, 6) is -0.823. The Hall–Kier alpha value is -1.66. The van der Waals surface area contributed by atoms with E-state index >= 15 is 0 Å². The zero-order valence-corrected chi connectivity index (χ0v) is 17.7. The van der Waals surface area contributed by atoms with E-state index in [9.17, 15) is 14.7 Å². The molecule has 2 saturated heterocycles. The standard InChI is InChI=1S/C18H24N4O5S2/c1-7-14-13(8(2)23)16(24)22(14)17(27-18(25)26)15(7)29-9-3-10(20-5-9)11-6-28-12(4-19)21-11/h6-10,13-14,20,23H,3-5,19H2,1-2H3,(H,25,26)/t7-,8-,9+,10+,13-,14-/m1/s1. The minimum absolute atomic E-state index is 0.101. The minimum Gasteiger partial charge on any atom is -0.449 e. The molecule has 0 aromatic carbocycles. The first kappa shape index (κ1) is 20.6. The molecule has 11 heteroatoms. The van der Waals surface area contributed by atoms with Crippen molar-refractivity contribution in [3.05, 3.63) is 26.9 Å². The van der Waals surface area contributed by atoms with Gasteiger partial charge in [0.15, 0.2) is 0 Å². The number of ether oxygens (including phenoxy) is 1. The van der Waals surface area contributed by atoms with Crippen LogP contribution < -0.4 is 11.1 Å². The van der Waals surface area contributed by atoms with Crippen LogP contribution in [0.3, 0.4) is 0 Å². The predicted molar refractivity (Wildman–Crippen MR) is 108 cm³/mol. The number of thioether (sulfide) groups is 1. The highest BCUT2D eigenvalue weighted by Gasteiger charge is 2.60. The van der Waals surface area contributed by atoms with Crippen LogP contribution in [-0.4, -0.2) is 56.1 Å². The van der Waals surface area contributed by atoms with Crippen LogP contribution in [0.25, 0.3) is 0 Å². The van der Waals surface area contributed by atoms with Gasteiger partial charge in [-0.1, -0.05) is 6.92 Å². The summed E-state index contributed by atoms with van der Waals surface area (Å²) in [4.78, 5) is 30.4. The molecule has 2 fully saturated rings. The van der Waals surface area contributed by atoms with Crippen LogP contribution in [0.5, 0.6) is 0 Å². The van der Waals surface area contributed by atoms with E-state index in [0.29, 0.717) is 6.54 Å². The molecule has 29 heavy (non-hydrogen) atoms. The van der Waals surface area contributed by atoms with Crippen molar-refractivity contribution in [2.45, 2.75) is 50.3 Å². The number of amides is 1. The largest absolute Gasteiger partial charge is 0.512 e. The van der Waals surface area contributed by atoms with Gasteiger partial charge in [0, 0.05) is 29.6 Å². The number of hydrogen-bond donors (Lipinski definition) is 4. The normalized spacial score (nSPS) is 32.3. The third-order valence-corrected chi connectivity index (χ3v) is 8.12. The Morgan fingerprint density at radius 3 is 2.97 bits per heavy atom. The Kier molecular flexibility index (Phi) is 5.60. The number of carbonyl (C=O) groups excluding carboxylic acids is 1. The summed E-state index contributed by atoms with van der Waals surface area (Å²) in [6.07, 6.45) is -1.41. The number of aromatic nitrogens is 1. The first-order chi connectivity index (χ1) is 13.8. The van der Waals surface area contributed by atoms with Gasteiger partial charge in [0.1, 0.15) is 5.01 Å². The van der Waals surface area contributed by atoms with E-state index < -0.39 is 18.2 Å². The van der Waals surface area contributed by atoms with Crippen LogP contribution in [0.15, 0.2) is 16.2 Å². The number of carbonyl (C=O) groups is 2. The molecule has 4 rings (SSSR count). The molecular weight excluding hydrogens is 416 g/mol. The van der Waals surface area contributed by atoms with Crippen LogP contribution in [0.4, 0.5) is 4.79 Å². The van der Waals surface area contributed by atoms with Crippen LogP contribution in [0, 0.1) is 11.8 Å². The Bertz CT molecular complexity index is 857. The lowest BCUT2D eigenvalue weighted by Gasteiger charge is -2.45. The van der Waals surface area contributed by atoms with Crippen molar-refractivity contribution >= 4 is 35.2 Å². The molecule has 158 valence electrons. The molecule has 4 heterocycles. The van der Waals surface area contributed by atoms with Gasteiger partial charge in [0.2, 0.25) is 11.8 Å². The summed E-state index contributed by atoms with van der Waals surface area (Å²) in [5.41, 5.74) is 6.62. The summed E-state index contributed by atoms with van der Waals surface area (Å²) in [6.45, 7) is 4.70. The quantitative estimate of drug-likeness (QED) is 0.382. The summed E-state index contributed by atoms with van der Waals surface area (Å²) >= 11 is 3.10. The topological polar surface area (TPSA) is 138 Å². The molecule has 0 radical (unpaired) electrons. The number of rotatable bonds is 6. The van der Waals surface area contributed by atoms with Gasteiger partial charge in [-0.3, -0.25) is 9.69 Å². The maximum atomic E-state index is 12.5.